The Morgan fingerprint density at radius 1 is 1.21 bits per heavy atom. The molecule has 1 atom stereocenters. The van der Waals surface area contributed by atoms with Crippen LogP contribution in [0.15, 0.2) is 48.7 Å². The highest BCUT2D eigenvalue weighted by Crippen LogP contribution is 2.20. The SMILES string of the molecule is COc1ccc([C@@H](C)NCc2c(C(=O)N3CCOCC3)nc3ccccn23)cc1. The van der Waals surface area contributed by atoms with Crippen molar-refractivity contribution in [3.8, 4) is 5.75 Å². The average Bonchev–Trinajstić information content (AvgIpc) is 3.16. The molecule has 29 heavy (non-hydrogen) atoms. The minimum atomic E-state index is -0.0362. The number of nitrogens with zero attached hydrogens (tertiary/aromatic N) is 3. The summed E-state index contributed by atoms with van der Waals surface area (Å²) in [5.74, 6) is 0.798. The van der Waals surface area contributed by atoms with Crippen molar-refractivity contribution in [3.63, 3.8) is 0 Å². The first-order valence-electron chi connectivity index (χ1n) is 9.87. The van der Waals surface area contributed by atoms with Gasteiger partial charge in [-0.25, -0.2) is 4.98 Å². The molecule has 3 heterocycles. The average molecular weight is 394 g/mol. The zero-order valence-corrected chi connectivity index (χ0v) is 16.8. The fourth-order valence-electron chi connectivity index (χ4n) is 3.56. The van der Waals surface area contributed by atoms with E-state index in [0.717, 1.165) is 22.7 Å². The third-order valence-corrected chi connectivity index (χ3v) is 5.32. The molecule has 152 valence electrons. The number of ether oxygens (including phenoxy) is 2. The van der Waals surface area contributed by atoms with E-state index in [2.05, 4.69) is 17.2 Å². The number of benzene rings is 1. The molecular formula is C22H26N4O3. The number of morpholine rings is 1. The van der Waals surface area contributed by atoms with E-state index in [1.165, 1.54) is 0 Å². The predicted octanol–water partition coefficient (Wildman–Crippen LogP) is 2.67. The number of amides is 1. The van der Waals surface area contributed by atoms with Gasteiger partial charge in [0.05, 0.1) is 26.0 Å². The third-order valence-electron chi connectivity index (χ3n) is 5.32. The second kappa shape index (κ2) is 8.63. The first-order chi connectivity index (χ1) is 14.2. The Bertz CT molecular complexity index is 977. The van der Waals surface area contributed by atoms with Gasteiger partial charge in [-0.2, -0.15) is 0 Å². The van der Waals surface area contributed by atoms with Crippen LogP contribution in [0.1, 0.15) is 34.7 Å². The number of pyridine rings is 1. The summed E-state index contributed by atoms with van der Waals surface area (Å²) in [6.07, 6.45) is 1.95. The number of aromatic nitrogens is 2. The van der Waals surface area contributed by atoms with Gasteiger partial charge in [-0.15, -0.1) is 0 Å². The van der Waals surface area contributed by atoms with E-state index in [1.54, 1.807) is 7.11 Å². The summed E-state index contributed by atoms with van der Waals surface area (Å²) in [5.41, 5.74) is 3.31. The first kappa shape index (κ1) is 19.4. The largest absolute Gasteiger partial charge is 0.497 e. The monoisotopic (exact) mass is 394 g/mol. The summed E-state index contributed by atoms with van der Waals surface area (Å²) in [7, 11) is 1.66. The molecule has 0 saturated carbocycles. The molecule has 0 bridgehead atoms. The Hall–Kier alpha value is -2.90. The zero-order chi connectivity index (χ0) is 20.2. The lowest BCUT2D eigenvalue weighted by atomic mass is 10.1. The maximum Gasteiger partial charge on any atom is 0.274 e. The molecule has 1 amide bonds. The van der Waals surface area contributed by atoms with Crippen LogP contribution in [-0.4, -0.2) is 53.6 Å². The van der Waals surface area contributed by atoms with E-state index >= 15 is 0 Å². The molecule has 7 nitrogen and oxygen atoms in total. The van der Waals surface area contributed by atoms with Crippen LogP contribution in [0.2, 0.25) is 0 Å². The number of fused-ring (bicyclic) bond motifs is 1. The van der Waals surface area contributed by atoms with E-state index in [1.807, 2.05) is 58.0 Å². The Labute approximate surface area is 170 Å². The topological polar surface area (TPSA) is 68.1 Å². The van der Waals surface area contributed by atoms with Crippen LogP contribution in [0.25, 0.3) is 5.65 Å². The number of imidazole rings is 1. The number of nitrogens with one attached hydrogen (secondary N) is 1. The van der Waals surface area contributed by atoms with E-state index in [-0.39, 0.29) is 11.9 Å². The van der Waals surface area contributed by atoms with Gasteiger partial charge in [0.15, 0.2) is 5.69 Å². The molecule has 0 spiro atoms. The second-order valence-corrected chi connectivity index (χ2v) is 7.12. The molecule has 2 aromatic heterocycles. The van der Waals surface area contributed by atoms with Gasteiger partial charge in [-0.05, 0) is 36.8 Å². The summed E-state index contributed by atoms with van der Waals surface area (Å²) in [5, 5.41) is 3.53. The van der Waals surface area contributed by atoms with Crippen molar-refractivity contribution in [1.82, 2.24) is 19.6 Å². The Morgan fingerprint density at radius 2 is 1.97 bits per heavy atom. The quantitative estimate of drug-likeness (QED) is 0.696. The fourth-order valence-corrected chi connectivity index (χ4v) is 3.56. The van der Waals surface area contributed by atoms with E-state index in [0.29, 0.717) is 38.5 Å². The third kappa shape index (κ3) is 4.11. The molecule has 1 aromatic carbocycles. The molecule has 0 unspecified atom stereocenters. The smallest absolute Gasteiger partial charge is 0.274 e. The molecule has 4 rings (SSSR count). The number of carbonyl (C=O) groups is 1. The highest BCUT2D eigenvalue weighted by atomic mass is 16.5. The summed E-state index contributed by atoms with van der Waals surface area (Å²) >= 11 is 0. The standard InChI is InChI=1S/C22H26N4O3/c1-16(17-6-8-18(28-2)9-7-17)23-15-19-21(22(27)25-11-13-29-14-12-25)24-20-5-3-4-10-26(19)20/h3-10,16,23H,11-15H2,1-2H3/t16-/m1/s1. The van der Waals surface area contributed by atoms with Crippen molar-refractivity contribution in [2.45, 2.75) is 19.5 Å². The van der Waals surface area contributed by atoms with Crippen molar-refractivity contribution in [3.05, 3.63) is 65.6 Å². The Morgan fingerprint density at radius 3 is 2.69 bits per heavy atom. The van der Waals surface area contributed by atoms with Gasteiger partial charge in [-0.1, -0.05) is 18.2 Å². The lowest BCUT2D eigenvalue weighted by Gasteiger charge is -2.26. The van der Waals surface area contributed by atoms with Gasteiger partial charge in [0.1, 0.15) is 11.4 Å². The van der Waals surface area contributed by atoms with Crippen LogP contribution in [-0.2, 0) is 11.3 Å². The van der Waals surface area contributed by atoms with E-state index in [4.69, 9.17) is 9.47 Å². The highest BCUT2D eigenvalue weighted by molar-refractivity contribution is 5.94. The summed E-state index contributed by atoms with van der Waals surface area (Å²) in [6.45, 7) is 4.98. The molecule has 7 heteroatoms. The number of rotatable bonds is 6. The molecule has 0 aliphatic carbocycles. The van der Waals surface area contributed by atoms with Gasteiger partial charge in [0, 0.05) is 31.9 Å². The van der Waals surface area contributed by atoms with Gasteiger partial charge >= 0.3 is 0 Å². The van der Waals surface area contributed by atoms with Crippen molar-refractivity contribution >= 4 is 11.6 Å². The number of methoxy groups -OCH3 is 1. The van der Waals surface area contributed by atoms with Crippen molar-refractivity contribution in [2.24, 2.45) is 0 Å². The molecule has 3 aromatic rings. The predicted molar refractivity (Wildman–Crippen MR) is 110 cm³/mol. The molecule has 1 aliphatic rings. The number of hydrogen-bond donors (Lipinski definition) is 1. The van der Waals surface area contributed by atoms with Gasteiger partial charge in [-0.3, -0.25) is 4.79 Å². The Kier molecular flexibility index (Phi) is 5.78. The maximum atomic E-state index is 13.1. The van der Waals surface area contributed by atoms with Crippen molar-refractivity contribution in [2.75, 3.05) is 33.4 Å². The van der Waals surface area contributed by atoms with Gasteiger partial charge < -0.3 is 24.1 Å². The van der Waals surface area contributed by atoms with E-state index < -0.39 is 0 Å². The summed E-state index contributed by atoms with van der Waals surface area (Å²) < 4.78 is 12.6. The highest BCUT2D eigenvalue weighted by Gasteiger charge is 2.25. The van der Waals surface area contributed by atoms with E-state index in [9.17, 15) is 4.79 Å². The van der Waals surface area contributed by atoms with Crippen LogP contribution in [0.5, 0.6) is 5.75 Å². The summed E-state index contributed by atoms with van der Waals surface area (Å²) in [4.78, 5) is 19.6. The lowest BCUT2D eigenvalue weighted by molar-refractivity contribution is 0.0298. The van der Waals surface area contributed by atoms with Crippen molar-refractivity contribution < 1.29 is 14.3 Å². The number of hydrogen-bond acceptors (Lipinski definition) is 5. The molecule has 0 radical (unpaired) electrons. The van der Waals surface area contributed by atoms with Crippen LogP contribution >= 0.6 is 0 Å². The lowest BCUT2D eigenvalue weighted by Crippen LogP contribution is -2.41. The minimum Gasteiger partial charge on any atom is -0.497 e. The molecule has 1 saturated heterocycles. The van der Waals surface area contributed by atoms with Crippen LogP contribution in [0.3, 0.4) is 0 Å². The molecular weight excluding hydrogens is 368 g/mol. The number of carbonyl (C=O) groups excluding carboxylic acids is 1. The summed E-state index contributed by atoms with van der Waals surface area (Å²) in [6, 6.07) is 13.9. The molecule has 1 N–H and O–H groups in total. The minimum absolute atomic E-state index is 0.0362. The maximum absolute atomic E-state index is 13.1. The molecule has 1 fully saturated rings. The van der Waals surface area contributed by atoms with Crippen LogP contribution in [0, 0.1) is 0 Å². The second-order valence-electron chi connectivity index (χ2n) is 7.12. The molecule has 1 aliphatic heterocycles. The van der Waals surface area contributed by atoms with Gasteiger partial charge in [0.2, 0.25) is 0 Å². The normalized spacial score (nSPS) is 15.4. The van der Waals surface area contributed by atoms with Crippen LogP contribution in [0.4, 0.5) is 0 Å². The van der Waals surface area contributed by atoms with Crippen LogP contribution < -0.4 is 10.1 Å². The first-order valence-corrected chi connectivity index (χ1v) is 9.87. The van der Waals surface area contributed by atoms with Crippen molar-refractivity contribution in [1.29, 1.82) is 0 Å². The zero-order valence-electron chi connectivity index (χ0n) is 16.8. The fraction of sp³-hybridized carbons (Fsp3) is 0.364. The van der Waals surface area contributed by atoms with Gasteiger partial charge in [0.25, 0.3) is 5.91 Å². The Balaban J connectivity index is 1.57.